The van der Waals surface area contributed by atoms with E-state index in [-0.39, 0.29) is 10.8 Å². The average molecular weight is 264 g/mol. The summed E-state index contributed by atoms with van der Waals surface area (Å²) in [4.78, 5) is 10.8. The molecule has 0 heterocycles. The van der Waals surface area contributed by atoms with Gasteiger partial charge in [0.25, 0.3) is 0 Å². The van der Waals surface area contributed by atoms with Crippen molar-refractivity contribution >= 4 is 21.9 Å². The lowest BCUT2D eigenvalue weighted by Crippen LogP contribution is -2.32. The monoisotopic (exact) mass is 263 g/mol. The smallest absolute Gasteiger partial charge is 0.320 e. The summed E-state index contributed by atoms with van der Waals surface area (Å²) in [5.41, 5.74) is 0. The Kier molecular flexibility index (Phi) is 5.48. The van der Waals surface area contributed by atoms with Crippen LogP contribution in [0.1, 0.15) is 25.7 Å². The van der Waals surface area contributed by atoms with Gasteiger partial charge in [0.05, 0.1) is 7.11 Å². The van der Waals surface area contributed by atoms with Gasteiger partial charge in [-0.15, -0.1) is 0 Å². The zero-order valence-corrected chi connectivity index (χ0v) is 10.2. The van der Waals surface area contributed by atoms with Crippen LogP contribution < -0.4 is 5.32 Å². The molecule has 0 bridgehead atoms. The first-order chi connectivity index (χ1) is 6.74. The number of hydrogen-bond donors (Lipinski definition) is 1. The number of methoxy groups -OCH3 is 1. The van der Waals surface area contributed by atoms with Gasteiger partial charge in [0, 0.05) is 6.54 Å². The van der Waals surface area contributed by atoms with Crippen LogP contribution in [0.5, 0.6) is 0 Å². The van der Waals surface area contributed by atoms with Crippen LogP contribution in [0.25, 0.3) is 0 Å². The molecule has 1 saturated carbocycles. The van der Waals surface area contributed by atoms with Crippen LogP contribution >= 0.6 is 15.9 Å². The van der Waals surface area contributed by atoms with E-state index in [1.165, 1.54) is 32.8 Å². The molecule has 1 rings (SSSR count). The molecule has 1 aliphatic carbocycles. The van der Waals surface area contributed by atoms with Gasteiger partial charge in [0.1, 0.15) is 4.83 Å². The van der Waals surface area contributed by atoms with Crippen molar-refractivity contribution in [2.45, 2.75) is 30.5 Å². The molecule has 4 heteroatoms. The maximum absolute atomic E-state index is 11.0. The van der Waals surface area contributed by atoms with Crippen LogP contribution in [0.2, 0.25) is 0 Å². The summed E-state index contributed by atoms with van der Waals surface area (Å²) in [6, 6.07) is 0. The Bertz CT molecular complexity index is 181. The molecule has 1 N–H and O–H groups in total. The summed E-state index contributed by atoms with van der Waals surface area (Å²) in [6.45, 7) is 1.68. The summed E-state index contributed by atoms with van der Waals surface area (Å²) in [6.07, 6.45) is 5.39. The van der Waals surface area contributed by atoms with Crippen molar-refractivity contribution in [2.75, 3.05) is 20.2 Å². The molecule has 0 spiro atoms. The summed E-state index contributed by atoms with van der Waals surface area (Å²) >= 11 is 3.28. The van der Waals surface area contributed by atoms with Crippen molar-refractivity contribution in [1.29, 1.82) is 0 Å². The van der Waals surface area contributed by atoms with E-state index in [1.54, 1.807) is 0 Å². The van der Waals surface area contributed by atoms with E-state index in [4.69, 9.17) is 0 Å². The Hall–Kier alpha value is -0.0900. The van der Waals surface area contributed by atoms with Crippen LogP contribution in [0.15, 0.2) is 0 Å². The first-order valence-corrected chi connectivity index (χ1v) is 6.08. The van der Waals surface area contributed by atoms with Crippen molar-refractivity contribution in [1.82, 2.24) is 5.32 Å². The lowest BCUT2D eigenvalue weighted by Gasteiger charge is -2.12. The first kappa shape index (κ1) is 12.0. The topological polar surface area (TPSA) is 38.3 Å². The standard InChI is InChI=1S/C10H18BrNO2/c1-14-10(13)9(11)7-12-6-8-4-2-3-5-8/h8-9,12H,2-7H2,1H3. The highest BCUT2D eigenvalue weighted by atomic mass is 79.9. The molecule has 0 aromatic heterocycles. The maximum atomic E-state index is 11.0. The first-order valence-electron chi connectivity index (χ1n) is 5.16. The lowest BCUT2D eigenvalue weighted by molar-refractivity contribution is -0.139. The van der Waals surface area contributed by atoms with Crippen LogP contribution in [0, 0.1) is 5.92 Å². The van der Waals surface area contributed by atoms with E-state index in [9.17, 15) is 4.79 Å². The molecule has 14 heavy (non-hydrogen) atoms. The highest BCUT2D eigenvalue weighted by molar-refractivity contribution is 9.10. The van der Waals surface area contributed by atoms with Crippen LogP contribution in [-0.2, 0) is 9.53 Å². The van der Waals surface area contributed by atoms with Crippen LogP contribution in [0.3, 0.4) is 0 Å². The van der Waals surface area contributed by atoms with Gasteiger partial charge >= 0.3 is 5.97 Å². The number of carbonyl (C=O) groups excluding carboxylic acids is 1. The van der Waals surface area contributed by atoms with Crippen molar-refractivity contribution in [3.05, 3.63) is 0 Å². The number of ether oxygens (including phenoxy) is 1. The fourth-order valence-electron chi connectivity index (χ4n) is 1.84. The lowest BCUT2D eigenvalue weighted by atomic mass is 10.1. The van der Waals surface area contributed by atoms with Crippen molar-refractivity contribution in [2.24, 2.45) is 5.92 Å². The second-order valence-electron chi connectivity index (χ2n) is 3.80. The van der Waals surface area contributed by atoms with E-state index in [0.717, 1.165) is 12.5 Å². The second kappa shape index (κ2) is 6.40. The Labute approximate surface area is 93.7 Å². The highest BCUT2D eigenvalue weighted by Crippen LogP contribution is 2.23. The predicted octanol–water partition coefficient (Wildman–Crippen LogP) is 1.70. The molecule has 3 nitrogen and oxygen atoms in total. The summed E-state index contributed by atoms with van der Waals surface area (Å²) in [5, 5.41) is 3.29. The molecule has 1 unspecified atom stereocenters. The Morgan fingerprint density at radius 3 is 2.79 bits per heavy atom. The SMILES string of the molecule is COC(=O)C(Br)CNCC1CCCC1. The van der Waals surface area contributed by atoms with Gasteiger partial charge in [-0.05, 0) is 25.3 Å². The van der Waals surface area contributed by atoms with Crippen molar-refractivity contribution in [3.63, 3.8) is 0 Å². The van der Waals surface area contributed by atoms with E-state index >= 15 is 0 Å². The molecule has 0 saturated heterocycles. The molecule has 0 amide bonds. The van der Waals surface area contributed by atoms with E-state index in [1.807, 2.05) is 0 Å². The number of hydrogen-bond acceptors (Lipinski definition) is 3. The third-order valence-corrected chi connectivity index (χ3v) is 3.39. The molecular weight excluding hydrogens is 246 g/mol. The minimum Gasteiger partial charge on any atom is -0.468 e. The van der Waals surface area contributed by atoms with Gasteiger partial charge in [0.2, 0.25) is 0 Å². The fourth-order valence-corrected chi connectivity index (χ4v) is 2.26. The minimum absolute atomic E-state index is 0.205. The summed E-state index contributed by atoms with van der Waals surface area (Å²) in [5.74, 6) is 0.608. The average Bonchev–Trinajstić information content (AvgIpc) is 2.69. The fraction of sp³-hybridized carbons (Fsp3) is 0.900. The van der Waals surface area contributed by atoms with Gasteiger partial charge in [-0.25, -0.2) is 0 Å². The molecule has 0 aliphatic heterocycles. The van der Waals surface area contributed by atoms with Gasteiger partial charge in [0.15, 0.2) is 0 Å². The predicted molar refractivity (Wildman–Crippen MR) is 59.6 cm³/mol. The molecule has 1 aliphatic rings. The van der Waals surface area contributed by atoms with E-state index < -0.39 is 0 Å². The number of rotatable bonds is 5. The number of nitrogens with one attached hydrogen (secondary N) is 1. The van der Waals surface area contributed by atoms with Gasteiger partial charge in [-0.2, -0.15) is 0 Å². The largest absolute Gasteiger partial charge is 0.468 e. The van der Waals surface area contributed by atoms with Gasteiger partial charge < -0.3 is 10.1 Å². The molecule has 0 aromatic carbocycles. The zero-order valence-electron chi connectivity index (χ0n) is 8.59. The Morgan fingerprint density at radius 2 is 2.21 bits per heavy atom. The highest BCUT2D eigenvalue weighted by Gasteiger charge is 2.17. The number of esters is 1. The number of carbonyl (C=O) groups is 1. The molecule has 82 valence electrons. The molecule has 0 aromatic rings. The normalized spacial score (nSPS) is 19.6. The third-order valence-electron chi connectivity index (χ3n) is 2.69. The molecule has 0 radical (unpaired) electrons. The van der Waals surface area contributed by atoms with E-state index in [2.05, 4.69) is 26.0 Å². The maximum Gasteiger partial charge on any atom is 0.320 e. The van der Waals surface area contributed by atoms with Gasteiger partial charge in [-0.3, -0.25) is 4.79 Å². The summed E-state index contributed by atoms with van der Waals surface area (Å²) < 4.78 is 4.61. The summed E-state index contributed by atoms with van der Waals surface area (Å²) in [7, 11) is 1.41. The van der Waals surface area contributed by atoms with Crippen molar-refractivity contribution < 1.29 is 9.53 Å². The van der Waals surface area contributed by atoms with Crippen LogP contribution in [-0.4, -0.2) is 31.0 Å². The van der Waals surface area contributed by atoms with Crippen molar-refractivity contribution in [3.8, 4) is 0 Å². The Balaban J connectivity index is 2.05. The number of alkyl halides is 1. The molecular formula is C10H18BrNO2. The quantitative estimate of drug-likeness (QED) is 0.606. The number of halogens is 1. The van der Waals surface area contributed by atoms with E-state index in [0.29, 0.717) is 6.54 Å². The Morgan fingerprint density at radius 1 is 1.57 bits per heavy atom. The van der Waals surface area contributed by atoms with Crippen LogP contribution in [0.4, 0.5) is 0 Å². The second-order valence-corrected chi connectivity index (χ2v) is 4.90. The molecule has 1 atom stereocenters. The zero-order chi connectivity index (χ0) is 10.4. The third kappa shape index (κ3) is 3.96. The van der Waals surface area contributed by atoms with Gasteiger partial charge in [-0.1, -0.05) is 28.8 Å². The minimum atomic E-state index is -0.214. The molecule has 1 fully saturated rings.